The van der Waals surface area contributed by atoms with Gasteiger partial charge < -0.3 is 0 Å². The van der Waals surface area contributed by atoms with Crippen LogP contribution in [0, 0.1) is 27.4 Å². The van der Waals surface area contributed by atoms with Gasteiger partial charge in [-0.1, -0.05) is 48.0 Å². The van der Waals surface area contributed by atoms with Gasteiger partial charge in [-0.2, -0.15) is 0 Å². The summed E-state index contributed by atoms with van der Waals surface area (Å²) in [5.41, 5.74) is 6.84. The molecule has 1 fully saturated rings. The lowest BCUT2D eigenvalue weighted by Crippen LogP contribution is -2.26. The number of aryl methyl sites for hydroxylation is 3. The molecule has 114 valence electrons. The van der Waals surface area contributed by atoms with Crippen molar-refractivity contribution >= 4 is 0 Å². The van der Waals surface area contributed by atoms with Crippen molar-refractivity contribution in [3.05, 3.63) is 77.0 Å². The van der Waals surface area contributed by atoms with Crippen LogP contribution in [0.5, 0.6) is 0 Å². The molecule has 1 saturated heterocycles. The lowest BCUT2D eigenvalue weighted by molar-refractivity contribution is 0.232. The summed E-state index contributed by atoms with van der Waals surface area (Å²) >= 11 is 0. The predicted octanol–water partition coefficient (Wildman–Crippen LogP) is 4.32. The third-order valence-corrected chi connectivity index (χ3v) is 4.61. The van der Waals surface area contributed by atoms with Crippen LogP contribution in [0.25, 0.3) is 0 Å². The Hall–Kier alpha value is -1.64. The maximum Gasteiger partial charge on any atom is 0.144 e. The molecule has 0 aliphatic carbocycles. The van der Waals surface area contributed by atoms with Crippen LogP contribution in [0.1, 0.15) is 46.8 Å². The van der Waals surface area contributed by atoms with Gasteiger partial charge in [-0.15, -0.1) is 0 Å². The van der Waals surface area contributed by atoms with Gasteiger partial charge in [0.25, 0.3) is 0 Å². The number of hydrogen-bond donors (Lipinski definition) is 1. The lowest BCUT2D eigenvalue weighted by atomic mass is 9.92. The number of nitrogens with one attached hydrogen (secondary N) is 1. The Morgan fingerprint density at radius 3 is 2.36 bits per heavy atom. The van der Waals surface area contributed by atoms with Crippen molar-refractivity contribution in [2.45, 2.75) is 39.8 Å². The van der Waals surface area contributed by atoms with Crippen molar-refractivity contribution in [3.63, 3.8) is 0 Å². The first-order valence-electron chi connectivity index (χ1n) is 7.97. The first-order valence-corrected chi connectivity index (χ1v) is 7.97. The smallest absolute Gasteiger partial charge is 0.144 e. The number of benzene rings is 2. The van der Waals surface area contributed by atoms with E-state index in [2.05, 4.69) is 87.0 Å². The van der Waals surface area contributed by atoms with E-state index in [1.807, 2.05) is 0 Å². The minimum Gasteiger partial charge on any atom is -0.292 e. The van der Waals surface area contributed by atoms with E-state index in [-0.39, 0.29) is 0 Å². The molecule has 3 rings (SSSR count). The van der Waals surface area contributed by atoms with E-state index in [1.165, 1.54) is 27.8 Å². The highest BCUT2D eigenvalue weighted by atomic mass is 15.3. The van der Waals surface area contributed by atoms with E-state index >= 15 is 0 Å². The maximum atomic E-state index is 3.36. The van der Waals surface area contributed by atoms with Crippen molar-refractivity contribution in [1.82, 2.24) is 10.2 Å². The molecule has 1 aliphatic heterocycles. The molecule has 2 nitrogen and oxygen atoms in total. The highest BCUT2D eigenvalue weighted by Crippen LogP contribution is 2.37. The number of rotatable bonds is 3. The van der Waals surface area contributed by atoms with Gasteiger partial charge in [0.2, 0.25) is 0 Å². The molecular weight excluding hydrogens is 268 g/mol. The quantitative estimate of drug-likeness (QED) is 0.906. The summed E-state index contributed by atoms with van der Waals surface area (Å²) in [5, 5.41) is 3.32. The third kappa shape index (κ3) is 2.81. The molecule has 2 radical (unpaired) electrons. The fourth-order valence-electron chi connectivity index (χ4n) is 3.63. The standard InChI is InChI=1S/C20H24N2/c1-14-10-15(2)20(16(3)11-14)19-12-21-13-22(19)17(4)18-8-6-5-7-9-18/h5-11,17,19,21H,12H2,1-4H3. The molecule has 2 aromatic rings. The Morgan fingerprint density at radius 2 is 1.73 bits per heavy atom. The Kier molecular flexibility index (Phi) is 4.32. The second-order valence-electron chi connectivity index (χ2n) is 6.31. The molecule has 0 aromatic heterocycles. The van der Waals surface area contributed by atoms with Gasteiger partial charge in [-0.05, 0) is 49.9 Å². The Balaban J connectivity index is 1.94. The van der Waals surface area contributed by atoms with Crippen LogP contribution < -0.4 is 5.32 Å². The molecule has 1 heterocycles. The van der Waals surface area contributed by atoms with E-state index in [4.69, 9.17) is 0 Å². The summed E-state index contributed by atoms with van der Waals surface area (Å²) in [6, 6.07) is 15.9. The van der Waals surface area contributed by atoms with Crippen LogP contribution >= 0.6 is 0 Å². The minimum absolute atomic E-state index is 0.307. The van der Waals surface area contributed by atoms with Crippen molar-refractivity contribution < 1.29 is 0 Å². The lowest BCUT2D eigenvalue weighted by Gasteiger charge is -2.31. The monoisotopic (exact) mass is 292 g/mol. The first kappa shape index (κ1) is 15.3. The van der Waals surface area contributed by atoms with E-state index in [0.29, 0.717) is 12.1 Å². The molecule has 2 unspecified atom stereocenters. The average Bonchev–Trinajstić information content (AvgIpc) is 2.95. The predicted molar refractivity (Wildman–Crippen MR) is 91.3 cm³/mol. The van der Waals surface area contributed by atoms with E-state index in [1.54, 1.807) is 0 Å². The second-order valence-corrected chi connectivity index (χ2v) is 6.31. The highest BCUT2D eigenvalue weighted by molar-refractivity contribution is 5.41. The fraction of sp³-hybridized carbons (Fsp3) is 0.350. The number of hydrogen-bond acceptors (Lipinski definition) is 2. The molecule has 22 heavy (non-hydrogen) atoms. The summed E-state index contributed by atoms with van der Waals surface area (Å²) in [7, 11) is 0. The van der Waals surface area contributed by atoms with Crippen molar-refractivity contribution in [2.24, 2.45) is 0 Å². The zero-order valence-corrected chi connectivity index (χ0v) is 13.9. The molecule has 0 saturated carbocycles. The first-order chi connectivity index (χ1) is 10.6. The van der Waals surface area contributed by atoms with Gasteiger partial charge in [0.05, 0.1) is 6.04 Å². The van der Waals surface area contributed by atoms with E-state index in [0.717, 1.165) is 6.54 Å². The summed E-state index contributed by atoms with van der Waals surface area (Å²) in [6.45, 7) is 13.1. The molecule has 2 heteroatoms. The molecule has 2 atom stereocenters. The normalized spacial score (nSPS) is 20.3. The van der Waals surface area contributed by atoms with Gasteiger partial charge in [-0.25, -0.2) is 0 Å². The summed E-state index contributed by atoms with van der Waals surface area (Å²) in [5.74, 6) is 0. The highest BCUT2D eigenvalue weighted by Gasteiger charge is 2.33. The van der Waals surface area contributed by atoms with Gasteiger partial charge in [0, 0.05) is 12.6 Å². The summed E-state index contributed by atoms with van der Waals surface area (Å²) < 4.78 is 0. The maximum absolute atomic E-state index is 3.36. The van der Waals surface area contributed by atoms with E-state index < -0.39 is 0 Å². The summed E-state index contributed by atoms with van der Waals surface area (Å²) in [4.78, 5) is 2.33. The van der Waals surface area contributed by atoms with Crippen molar-refractivity contribution in [3.8, 4) is 0 Å². The van der Waals surface area contributed by atoms with Crippen molar-refractivity contribution in [1.29, 1.82) is 0 Å². The molecular formula is C20H24N2. The van der Waals surface area contributed by atoms with Gasteiger partial charge >= 0.3 is 0 Å². The zero-order valence-electron chi connectivity index (χ0n) is 13.9. The van der Waals surface area contributed by atoms with Gasteiger partial charge in [0.15, 0.2) is 0 Å². The summed E-state index contributed by atoms with van der Waals surface area (Å²) in [6.07, 6.45) is 0. The van der Waals surface area contributed by atoms with Crippen LogP contribution in [0.2, 0.25) is 0 Å². The Labute approximate surface area is 134 Å². The SMILES string of the molecule is Cc1cc(C)c(C2CN[C]N2C(C)c2ccccc2)c(C)c1. The molecule has 0 bridgehead atoms. The molecule has 1 N–H and O–H groups in total. The molecule has 1 aliphatic rings. The average molecular weight is 292 g/mol. The van der Waals surface area contributed by atoms with Gasteiger partial charge in [0.1, 0.15) is 6.67 Å². The van der Waals surface area contributed by atoms with Crippen molar-refractivity contribution in [2.75, 3.05) is 6.54 Å². The zero-order chi connectivity index (χ0) is 15.7. The Morgan fingerprint density at radius 1 is 1.09 bits per heavy atom. The minimum atomic E-state index is 0.307. The Bertz CT molecular complexity index is 625. The second kappa shape index (κ2) is 6.23. The molecule has 2 aromatic carbocycles. The largest absolute Gasteiger partial charge is 0.292 e. The topological polar surface area (TPSA) is 15.3 Å². The molecule has 0 amide bonds. The fourth-order valence-corrected chi connectivity index (χ4v) is 3.63. The molecule has 0 spiro atoms. The van der Waals surface area contributed by atoms with Crippen LogP contribution in [-0.4, -0.2) is 11.4 Å². The van der Waals surface area contributed by atoms with Crippen LogP contribution in [0.3, 0.4) is 0 Å². The van der Waals surface area contributed by atoms with E-state index in [9.17, 15) is 0 Å². The number of nitrogens with zero attached hydrogens (tertiary/aromatic N) is 1. The van der Waals surface area contributed by atoms with Crippen LogP contribution in [0.15, 0.2) is 42.5 Å². The van der Waals surface area contributed by atoms with Crippen LogP contribution in [-0.2, 0) is 0 Å². The van der Waals surface area contributed by atoms with Gasteiger partial charge in [-0.3, -0.25) is 10.2 Å². The van der Waals surface area contributed by atoms with Crippen LogP contribution in [0.4, 0.5) is 0 Å². The third-order valence-electron chi connectivity index (χ3n) is 4.61.